The molecule has 3 heterocycles. The van der Waals surface area contributed by atoms with Gasteiger partial charge in [0.05, 0.1) is 12.6 Å². The van der Waals surface area contributed by atoms with Crippen LogP contribution < -0.4 is 10.6 Å². The molecule has 228 valence electrons. The Kier molecular flexibility index (Phi) is 8.13. The highest BCUT2D eigenvalue weighted by molar-refractivity contribution is 6.30. The van der Waals surface area contributed by atoms with Gasteiger partial charge in [-0.2, -0.15) is 0 Å². The molecule has 0 aromatic heterocycles. The van der Waals surface area contributed by atoms with Crippen LogP contribution in [0.4, 0.5) is 9.18 Å². The normalized spacial score (nSPS) is 22.0. The van der Waals surface area contributed by atoms with Gasteiger partial charge in [0.2, 0.25) is 11.8 Å². The summed E-state index contributed by atoms with van der Waals surface area (Å²) in [5, 5.41) is 6.82. The monoisotopic (exact) mass is 617 g/mol. The second-order valence-corrected chi connectivity index (χ2v) is 12.1. The fourth-order valence-electron chi connectivity index (χ4n) is 6.50. The van der Waals surface area contributed by atoms with Crippen LogP contribution in [0.15, 0.2) is 72.8 Å². The minimum Gasteiger partial charge on any atom is -0.343 e. The Hall–Kier alpha value is -4.28. The molecule has 6 rings (SSSR count). The van der Waals surface area contributed by atoms with E-state index in [-0.39, 0.29) is 44.3 Å². The highest BCUT2D eigenvalue weighted by Gasteiger charge is 2.59. The maximum atomic E-state index is 14.3. The van der Waals surface area contributed by atoms with Crippen molar-refractivity contribution in [3.63, 3.8) is 0 Å². The Balaban J connectivity index is 1.26. The third-order valence-corrected chi connectivity index (χ3v) is 9.12. The first-order valence-electron chi connectivity index (χ1n) is 14.6. The van der Waals surface area contributed by atoms with Crippen LogP contribution in [0.5, 0.6) is 0 Å². The number of imide groups is 1. The molecule has 3 aliphatic heterocycles. The number of rotatable bonds is 7. The van der Waals surface area contributed by atoms with E-state index in [2.05, 4.69) is 10.6 Å². The lowest BCUT2D eigenvalue weighted by Crippen LogP contribution is -2.67. The van der Waals surface area contributed by atoms with Crippen molar-refractivity contribution >= 4 is 35.4 Å². The Morgan fingerprint density at radius 2 is 1.68 bits per heavy atom. The molecule has 44 heavy (non-hydrogen) atoms. The third-order valence-electron chi connectivity index (χ3n) is 8.87. The molecule has 1 unspecified atom stereocenters. The molecule has 11 heteroatoms. The third kappa shape index (κ3) is 5.67. The minimum absolute atomic E-state index is 0.0554. The topological polar surface area (TPSA) is 102 Å². The van der Waals surface area contributed by atoms with E-state index in [9.17, 15) is 23.6 Å². The number of likely N-dealkylation sites (N-methyl/N-ethyl adjacent to an activating group) is 1. The number of benzene rings is 3. The number of nitrogens with one attached hydrogen (secondary N) is 2. The van der Waals surface area contributed by atoms with E-state index in [0.29, 0.717) is 23.6 Å². The van der Waals surface area contributed by atoms with Gasteiger partial charge in [0.15, 0.2) is 0 Å². The highest BCUT2D eigenvalue weighted by atomic mass is 35.5. The zero-order valence-corrected chi connectivity index (χ0v) is 25.0. The summed E-state index contributed by atoms with van der Waals surface area (Å²) in [6.45, 7) is 0.824. The zero-order chi connectivity index (χ0) is 31.0. The smallest absolute Gasteiger partial charge is 0.327 e. The van der Waals surface area contributed by atoms with E-state index in [1.807, 2.05) is 36.4 Å². The minimum atomic E-state index is -1.35. The molecule has 2 saturated heterocycles. The van der Waals surface area contributed by atoms with Gasteiger partial charge in [-0.25, -0.2) is 9.18 Å². The lowest BCUT2D eigenvalue weighted by molar-refractivity contribution is -0.144. The van der Waals surface area contributed by atoms with Crippen molar-refractivity contribution in [3.05, 3.63) is 106 Å². The summed E-state index contributed by atoms with van der Waals surface area (Å²) in [4.78, 5) is 58.7. The number of carbonyl (C=O) groups excluding carboxylic acids is 4. The van der Waals surface area contributed by atoms with Crippen LogP contribution in [-0.4, -0.2) is 82.8 Å². The van der Waals surface area contributed by atoms with Gasteiger partial charge in [-0.05, 0) is 52.9 Å². The second-order valence-electron chi connectivity index (χ2n) is 11.7. The van der Waals surface area contributed by atoms with E-state index in [4.69, 9.17) is 11.6 Å². The number of piperazine rings is 1. The molecule has 2 N–H and O–H groups in total. The van der Waals surface area contributed by atoms with Crippen molar-refractivity contribution in [2.75, 3.05) is 26.7 Å². The van der Waals surface area contributed by atoms with Crippen molar-refractivity contribution in [2.24, 2.45) is 0 Å². The molecular weight excluding hydrogens is 585 g/mol. The molecule has 3 aromatic carbocycles. The number of nitrogens with zero attached hydrogens (tertiary/aromatic N) is 3. The molecule has 0 saturated carbocycles. The molecule has 3 atom stereocenters. The van der Waals surface area contributed by atoms with Gasteiger partial charge in [0.1, 0.15) is 17.4 Å². The van der Waals surface area contributed by atoms with Crippen LogP contribution >= 0.6 is 11.6 Å². The standard InChI is InChI=1S/C33H33ClFN5O4/c1-38-31(43)33(18-22-8-12-26(35)13-9-22)20-39(14-15-40(33)32(38)44)30(42)28(16-21-6-10-25(34)11-7-21)37-29(41)27-17-23-4-2-3-5-24(23)19-36-27/h2-13,27-28,36H,14-20H2,1H3,(H,37,41)/t27?,28-,33+/m0/s1. The predicted molar refractivity (Wildman–Crippen MR) is 162 cm³/mol. The maximum Gasteiger partial charge on any atom is 0.327 e. The summed E-state index contributed by atoms with van der Waals surface area (Å²) in [6.07, 6.45) is 0.820. The van der Waals surface area contributed by atoms with Gasteiger partial charge < -0.3 is 20.4 Å². The van der Waals surface area contributed by atoms with Gasteiger partial charge >= 0.3 is 6.03 Å². The average Bonchev–Trinajstić information content (AvgIpc) is 3.22. The fraction of sp³-hybridized carbons (Fsp3) is 0.333. The first-order valence-corrected chi connectivity index (χ1v) is 15.0. The van der Waals surface area contributed by atoms with Crippen LogP contribution in [0, 0.1) is 5.82 Å². The molecule has 0 aliphatic carbocycles. The summed E-state index contributed by atoms with van der Waals surface area (Å²) >= 11 is 6.10. The van der Waals surface area contributed by atoms with Gasteiger partial charge in [-0.1, -0.05) is 60.1 Å². The largest absolute Gasteiger partial charge is 0.343 e. The lowest BCUT2D eigenvalue weighted by Gasteiger charge is -2.45. The molecule has 0 radical (unpaired) electrons. The van der Waals surface area contributed by atoms with Crippen LogP contribution in [0.25, 0.3) is 0 Å². The lowest BCUT2D eigenvalue weighted by atomic mass is 9.86. The Labute approximate surface area is 259 Å². The summed E-state index contributed by atoms with van der Waals surface area (Å²) < 4.78 is 13.7. The van der Waals surface area contributed by atoms with Crippen LogP contribution in [-0.2, 0) is 40.2 Å². The zero-order valence-electron chi connectivity index (χ0n) is 24.3. The molecule has 3 aromatic rings. The number of fused-ring (bicyclic) bond motifs is 2. The van der Waals surface area contributed by atoms with Gasteiger partial charge in [-0.3, -0.25) is 19.3 Å². The number of amides is 5. The molecule has 9 nitrogen and oxygen atoms in total. The first kappa shape index (κ1) is 29.8. The maximum absolute atomic E-state index is 14.3. The van der Waals surface area contributed by atoms with Crippen LogP contribution in [0.3, 0.4) is 0 Å². The molecule has 2 fully saturated rings. The number of halogens is 2. The van der Waals surface area contributed by atoms with E-state index in [1.165, 1.54) is 24.1 Å². The quantitative estimate of drug-likeness (QED) is 0.397. The van der Waals surface area contributed by atoms with Crippen LogP contribution in [0.1, 0.15) is 22.3 Å². The predicted octanol–water partition coefficient (Wildman–Crippen LogP) is 2.94. The average molecular weight is 618 g/mol. The van der Waals surface area contributed by atoms with Crippen molar-refractivity contribution in [3.8, 4) is 0 Å². The molecule has 0 bridgehead atoms. The Morgan fingerprint density at radius 3 is 2.41 bits per heavy atom. The number of carbonyl (C=O) groups is 4. The Bertz CT molecular complexity index is 1600. The second kappa shape index (κ2) is 12.0. The number of hydrogen-bond acceptors (Lipinski definition) is 5. The number of urea groups is 1. The summed E-state index contributed by atoms with van der Waals surface area (Å²) in [5.41, 5.74) is 2.34. The van der Waals surface area contributed by atoms with E-state index >= 15 is 0 Å². The first-order chi connectivity index (χ1) is 21.1. The summed E-state index contributed by atoms with van der Waals surface area (Å²) in [5.74, 6) is -1.48. The van der Waals surface area contributed by atoms with E-state index in [0.717, 1.165) is 21.6 Å². The van der Waals surface area contributed by atoms with Gasteiger partial charge in [0.25, 0.3) is 5.91 Å². The fourth-order valence-corrected chi connectivity index (χ4v) is 6.63. The van der Waals surface area contributed by atoms with E-state index < -0.39 is 35.4 Å². The summed E-state index contributed by atoms with van der Waals surface area (Å²) in [6, 6.07) is 18.9. The Morgan fingerprint density at radius 1 is 1.00 bits per heavy atom. The molecule has 5 amide bonds. The SMILES string of the molecule is CN1C(=O)N2CCN(C(=O)[C@H](Cc3ccc(Cl)cc3)NC(=O)C3Cc4ccccc4CN3)C[C@]2(Cc2ccc(F)cc2)C1=O. The van der Waals surface area contributed by atoms with Crippen molar-refractivity contribution in [1.29, 1.82) is 0 Å². The van der Waals surface area contributed by atoms with Gasteiger partial charge in [0, 0.05) is 44.5 Å². The van der Waals surface area contributed by atoms with Crippen LogP contribution in [0.2, 0.25) is 5.02 Å². The van der Waals surface area contributed by atoms with E-state index in [1.54, 1.807) is 29.2 Å². The molecular formula is C33H33ClFN5O4. The number of hydrogen-bond donors (Lipinski definition) is 2. The summed E-state index contributed by atoms with van der Waals surface area (Å²) in [7, 11) is 1.43. The molecule has 0 spiro atoms. The van der Waals surface area contributed by atoms with Crippen molar-refractivity contribution < 1.29 is 23.6 Å². The van der Waals surface area contributed by atoms with Crippen molar-refractivity contribution in [1.82, 2.24) is 25.3 Å². The van der Waals surface area contributed by atoms with Crippen molar-refractivity contribution in [2.45, 2.75) is 43.4 Å². The molecule has 3 aliphatic rings. The highest BCUT2D eigenvalue weighted by Crippen LogP contribution is 2.35. The van der Waals surface area contributed by atoms with Gasteiger partial charge in [-0.15, -0.1) is 0 Å².